The summed E-state index contributed by atoms with van der Waals surface area (Å²) in [6.07, 6.45) is 11.5. The first-order chi connectivity index (χ1) is 8.88. The molecule has 1 aliphatic carbocycles. The first-order valence-electron chi connectivity index (χ1n) is 7.07. The van der Waals surface area contributed by atoms with Crippen LogP contribution < -0.4 is 4.90 Å². The van der Waals surface area contributed by atoms with Crippen LogP contribution in [0.15, 0.2) is 12.4 Å². The van der Waals surface area contributed by atoms with Gasteiger partial charge in [-0.25, -0.2) is 4.98 Å². The summed E-state index contributed by atoms with van der Waals surface area (Å²) in [6.45, 7) is 1.06. The Hall–Kier alpha value is -1.16. The molecule has 98 valence electrons. The van der Waals surface area contributed by atoms with Crippen molar-refractivity contribution in [2.45, 2.75) is 51.2 Å². The molecule has 3 rings (SSSR count). The number of aliphatic hydroxyl groups is 1. The van der Waals surface area contributed by atoms with Crippen LogP contribution in [0, 0.1) is 5.92 Å². The molecular formula is C14H21N3O. The molecule has 1 aromatic rings. The second-order valence-corrected chi connectivity index (χ2v) is 5.47. The summed E-state index contributed by atoms with van der Waals surface area (Å²) in [4.78, 5) is 11.2. The molecule has 1 aromatic heterocycles. The smallest absolute Gasteiger partial charge is 0.147 e. The number of nitrogens with zero attached hydrogens (tertiary/aromatic N) is 3. The van der Waals surface area contributed by atoms with E-state index in [0.29, 0.717) is 11.7 Å². The summed E-state index contributed by atoms with van der Waals surface area (Å²) in [5.74, 6) is 1.80. The Labute approximate surface area is 108 Å². The number of piperidine rings is 1. The minimum atomic E-state index is -0.0250. The first kappa shape index (κ1) is 11.9. The molecule has 0 radical (unpaired) electrons. The highest BCUT2D eigenvalue weighted by Crippen LogP contribution is 2.36. The van der Waals surface area contributed by atoms with Crippen LogP contribution in [-0.4, -0.2) is 27.7 Å². The van der Waals surface area contributed by atoms with Crippen molar-refractivity contribution in [3.05, 3.63) is 18.1 Å². The maximum Gasteiger partial charge on any atom is 0.147 e. The lowest BCUT2D eigenvalue weighted by atomic mass is 9.78. The minimum Gasteiger partial charge on any atom is -0.390 e. The zero-order valence-electron chi connectivity index (χ0n) is 10.8. The summed E-state index contributed by atoms with van der Waals surface area (Å²) in [7, 11) is 0. The van der Waals surface area contributed by atoms with Crippen molar-refractivity contribution in [2.24, 2.45) is 5.92 Å². The van der Waals surface area contributed by atoms with Crippen molar-refractivity contribution in [1.29, 1.82) is 0 Å². The van der Waals surface area contributed by atoms with Gasteiger partial charge in [0.25, 0.3) is 0 Å². The maximum atomic E-state index is 9.17. The van der Waals surface area contributed by atoms with E-state index in [2.05, 4.69) is 14.9 Å². The van der Waals surface area contributed by atoms with Gasteiger partial charge in [0.15, 0.2) is 0 Å². The van der Waals surface area contributed by atoms with Gasteiger partial charge in [0.1, 0.15) is 5.82 Å². The van der Waals surface area contributed by atoms with E-state index in [1.165, 1.54) is 38.5 Å². The van der Waals surface area contributed by atoms with E-state index in [-0.39, 0.29) is 6.61 Å². The molecular weight excluding hydrogens is 226 g/mol. The molecule has 1 saturated carbocycles. The number of hydrogen-bond acceptors (Lipinski definition) is 4. The van der Waals surface area contributed by atoms with E-state index < -0.39 is 0 Å². The molecule has 0 aromatic carbocycles. The highest BCUT2D eigenvalue weighted by molar-refractivity contribution is 5.39. The van der Waals surface area contributed by atoms with Crippen molar-refractivity contribution in [2.75, 3.05) is 11.4 Å². The van der Waals surface area contributed by atoms with E-state index in [1.807, 2.05) is 6.20 Å². The number of aromatic nitrogens is 2. The molecule has 1 saturated heterocycles. The molecule has 2 fully saturated rings. The molecule has 18 heavy (non-hydrogen) atoms. The number of anilines is 1. The zero-order valence-corrected chi connectivity index (χ0v) is 10.8. The molecule has 4 heteroatoms. The van der Waals surface area contributed by atoms with Crippen molar-refractivity contribution in [3.8, 4) is 0 Å². The van der Waals surface area contributed by atoms with Crippen LogP contribution in [0.5, 0.6) is 0 Å². The molecule has 0 bridgehead atoms. The average Bonchev–Trinajstić information content (AvgIpc) is 2.47. The molecule has 1 aliphatic heterocycles. The molecule has 1 N–H and O–H groups in total. The lowest BCUT2D eigenvalue weighted by molar-refractivity contribution is 0.241. The van der Waals surface area contributed by atoms with Crippen molar-refractivity contribution in [3.63, 3.8) is 0 Å². The third kappa shape index (κ3) is 2.21. The van der Waals surface area contributed by atoms with E-state index in [1.54, 1.807) is 6.20 Å². The van der Waals surface area contributed by atoms with Crippen molar-refractivity contribution >= 4 is 5.82 Å². The average molecular weight is 247 g/mol. The van der Waals surface area contributed by atoms with Crippen molar-refractivity contribution in [1.82, 2.24) is 9.97 Å². The van der Waals surface area contributed by atoms with Crippen LogP contribution >= 0.6 is 0 Å². The van der Waals surface area contributed by atoms with E-state index in [9.17, 15) is 5.11 Å². The van der Waals surface area contributed by atoms with Crippen LogP contribution in [0.3, 0.4) is 0 Å². The molecule has 2 atom stereocenters. The molecule has 0 amide bonds. The van der Waals surface area contributed by atoms with Gasteiger partial charge in [-0.05, 0) is 31.6 Å². The molecule has 4 nitrogen and oxygen atoms in total. The van der Waals surface area contributed by atoms with E-state index in [0.717, 1.165) is 18.3 Å². The fraction of sp³-hybridized carbons (Fsp3) is 0.714. The van der Waals surface area contributed by atoms with Crippen LogP contribution in [0.25, 0.3) is 0 Å². The predicted molar refractivity (Wildman–Crippen MR) is 70.3 cm³/mol. The van der Waals surface area contributed by atoms with E-state index in [4.69, 9.17) is 0 Å². The van der Waals surface area contributed by atoms with Crippen LogP contribution in [0.2, 0.25) is 0 Å². The van der Waals surface area contributed by atoms with Gasteiger partial charge in [-0.2, -0.15) is 0 Å². The summed E-state index contributed by atoms with van der Waals surface area (Å²) in [5, 5.41) is 9.17. The van der Waals surface area contributed by atoms with E-state index >= 15 is 0 Å². The Kier molecular flexibility index (Phi) is 3.46. The predicted octanol–water partition coefficient (Wildman–Crippen LogP) is 2.13. The Morgan fingerprint density at radius 1 is 1.17 bits per heavy atom. The Balaban J connectivity index is 1.84. The Bertz CT molecular complexity index is 408. The summed E-state index contributed by atoms with van der Waals surface area (Å²) >= 11 is 0. The quantitative estimate of drug-likeness (QED) is 0.869. The number of aliphatic hydroxyl groups excluding tert-OH is 1. The van der Waals surface area contributed by atoms with Gasteiger partial charge in [-0.3, -0.25) is 4.98 Å². The normalized spacial score (nSPS) is 27.9. The fourth-order valence-corrected chi connectivity index (χ4v) is 3.52. The lowest BCUT2D eigenvalue weighted by Gasteiger charge is -2.44. The monoisotopic (exact) mass is 247 g/mol. The maximum absolute atomic E-state index is 9.17. The third-order valence-electron chi connectivity index (χ3n) is 4.37. The highest BCUT2D eigenvalue weighted by Gasteiger charge is 2.33. The highest BCUT2D eigenvalue weighted by atomic mass is 16.3. The second kappa shape index (κ2) is 5.22. The number of hydrogen-bond donors (Lipinski definition) is 1. The van der Waals surface area contributed by atoms with Gasteiger partial charge in [0, 0.05) is 12.6 Å². The standard InChI is InChI=1S/C14H21N3O/c18-10-12-8-15-9-14(16-12)17-7-3-5-11-4-1-2-6-13(11)17/h8-9,11,13,18H,1-7,10H2. The molecule has 2 unspecified atom stereocenters. The SMILES string of the molecule is OCc1cncc(N2CCCC3CCCCC32)n1. The molecule has 0 spiro atoms. The Morgan fingerprint density at radius 3 is 2.89 bits per heavy atom. The largest absolute Gasteiger partial charge is 0.390 e. The number of rotatable bonds is 2. The third-order valence-corrected chi connectivity index (χ3v) is 4.37. The van der Waals surface area contributed by atoms with Crippen LogP contribution in [0.4, 0.5) is 5.82 Å². The zero-order chi connectivity index (χ0) is 12.4. The first-order valence-corrected chi connectivity index (χ1v) is 7.07. The summed E-state index contributed by atoms with van der Waals surface area (Å²) in [6, 6.07) is 0.649. The van der Waals surface area contributed by atoms with Gasteiger partial charge >= 0.3 is 0 Å². The summed E-state index contributed by atoms with van der Waals surface area (Å²) < 4.78 is 0. The summed E-state index contributed by atoms with van der Waals surface area (Å²) in [5.41, 5.74) is 0.672. The van der Waals surface area contributed by atoms with Gasteiger partial charge in [-0.15, -0.1) is 0 Å². The van der Waals surface area contributed by atoms with Crippen LogP contribution in [0.1, 0.15) is 44.2 Å². The van der Waals surface area contributed by atoms with Gasteiger partial charge in [-0.1, -0.05) is 12.8 Å². The molecule has 2 heterocycles. The van der Waals surface area contributed by atoms with Gasteiger partial charge < -0.3 is 10.0 Å². The van der Waals surface area contributed by atoms with Gasteiger partial charge in [0.2, 0.25) is 0 Å². The molecule has 2 aliphatic rings. The second-order valence-electron chi connectivity index (χ2n) is 5.47. The van der Waals surface area contributed by atoms with Gasteiger partial charge in [0.05, 0.1) is 24.7 Å². The topological polar surface area (TPSA) is 49.3 Å². The Morgan fingerprint density at radius 2 is 2.00 bits per heavy atom. The lowest BCUT2D eigenvalue weighted by Crippen LogP contribution is -2.47. The fourth-order valence-electron chi connectivity index (χ4n) is 3.52. The number of fused-ring (bicyclic) bond motifs is 1. The minimum absolute atomic E-state index is 0.0250. The van der Waals surface area contributed by atoms with Crippen LogP contribution in [-0.2, 0) is 6.61 Å². The van der Waals surface area contributed by atoms with Crippen molar-refractivity contribution < 1.29 is 5.11 Å².